The molecule has 0 bridgehead atoms. The summed E-state index contributed by atoms with van der Waals surface area (Å²) in [5, 5.41) is 7.56. The Bertz CT molecular complexity index is 573. The van der Waals surface area contributed by atoms with Crippen molar-refractivity contribution in [2.24, 2.45) is 7.05 Å². The van der Waals surface area contributed by atoms with E-state index in [1.807, 2.05) is 6.92 Å². The first-order chi connectivity index (χ1) is 9.33. The first kappa shape index (κ1) is 15.5. The maximum Gasteiger partial charge on any atom is 0.244 e. The molecule has 1 aromatic heterocycles. The van der Waals surface area contributed by atoms with Crippen molar-refractivity contribution < 1.29 is 8.42 Å². The third-order valence-electron chi connectivity index (χ3n) is 4.00. The fourth-order valence-electron chi connectivity index (χ4n) is 2.83. The molecule has 2 heterocycles. The highest BCUT2D eigenvalue weighted by Crippen LogP contribution is 2.20. The van der Waals surface area contributed by atoms with Gasteiger partial charge in [-0.25, -0.2) is 13.1 Å². The predicted molar refractivity (Wildman–Crippen MR) is 78.1 cm³/mol. The van der Waals surface area contributed by atoms with Gasteiger partial charge in [0.1, 0.15) is 4.90 Å². The van der Waals surface area contributed by atoms with E-state index in [0.29, 0.717) is 16.3 Å². The van der Waals surface area contributed by atoms with E-state index in [1.54, 1.807) is 25.6 Å². The van der Waals surface area contributed by atoms with Crippen LogP contribution in [0.1, 0.15) is 37.6 Å². The molecule has 6 nitrogen and oxygen atoms in total. The van der Waals surface area contributed by atoms with Gasteiger partial charge in [0.05, 0.1) is 11.4 Å². The van der Waals surface area contributed by atoms with Crippen molar-refractivity contribution in [3.8, 4) is 0 Å². The van der Waals surface area contributed by atoms with Crippen LogP contribution in [0.4, 0.5) is 0 Å². The Kier molecular flexibility index (Phi) is 4.51. The quantitative estimate of drug-likeness (QED) is 0.864. The molecule has 7 heteroatoms. The second kappa shape index (κ2) is 5.83. The molecule has 1 fully saturated rings. The summed E-state index contributed by atoms with van der Waals surface area (Å²) in [6, 6.07) is 0.0788. The van der Waals surface area contributed by atoms with Gasteiger partial charge in [-0.1, -0.05) is 6.42 Å². The number of aromatic nitrogens is 2. The number of rotatable bonds is 4. The van der Waals surface area contributed by atoms with E-state index in [9.17, 15) is 8.42 Å². The average Bonchev–Trinajstić information content (AvgIpc) is 2.64. The molecule has 1 aliphatic heterocycles. The Morgan fingerprint density at radius 3 is 2.60 bits per heavy atom. The fourth-order valence-corrected chi connectivity index (χ4v) is 4.56. The smallest absolute Gasteiger partial charge is 0.244 e. The van der Waals surface area contributed by atoms with Gasteiger partial charge in [0, 0.05) is 19.1 Å². The van der Waals surface area contributed by atoms with E-state index in [4.69, 9.17) is 0 Å². The molecule has 2 N–H and O–H groups in total. The average molecular weight is 300 g/mol. The van der Waals surface area contributed by atoms with Crippen LogP contribution in [0.5, 0.6) is 0 Å². The van der Waals surface area contributed by atoms with Crippen LogP contribution in [0.15, 0.2) is 4.90 Å². The normalized spacial score (nSPS) is 21.9. The summed E-state index contributed by atoms with van der Waals surface area (Å²) in [5.41, 5.74) is 1.21. The van der Waals surface area contributed by atoms with E-state index in [2.05, 4.69) is 15.1 Å². The van der Waals surface area contributed by atoms with E-state index < -0.39 is 10.0 Å². The van der Waals surface area contributed by atoms with Crippen molar-refractivity contribution >= 4 is 10.0 Å². The van der Waals surface area contributed by atoms with Crippen LogP contribution in [0.2, 0.25) is 0 Å². The summed E-state index contributed by atoms with van der Waals surface area (Å²) < 4.78 is 29.5. The predicted octanol–water partition coefficient (Wildman–Crippen LogP) is 0.846. The highest BCUT2D eigenvalue weighted by atomic mass is 32.2. The number of sulfonamides is 1. The first-order valence-corrected chi connectivity index (χ1v) is 8.57. The minimum atomic E-state index is -3.52. The van der Waals surface area contributed by atoms with Gasteiger partial charge in [0.2, 0.25) is 10.0 Å². The van der Waals surface area contributed by atoms with Crippen molar-refractivity contribution in [2.75, 3.05) is 6.54 Å². The standard InChI is InChI=1S/C13H24N4O2S/c1-9(12-7-5-6-8-14-12)16-20(18,19)13-10(2)15-17(4)11(13)3/h9,12,14,16H,5-8H2,1-4H3. The monoisotopic (exact) mass is 300 g/mol. The number of aryl methyl sites for hydroxylation is 2. The second-order valence-electron chi connectivity index (χ2n) is 5.59. The lowest BCUT2D eigenvalue weighted by atomic mass is 10.00. The Morgan fingerprint density at radius 1 is 1.40 bits per heavy atom. The fraction of sp³-hybridized carbons (Fsp3) is 0.769. The highest BCUT2D eigenvalue weighted by Gasteiger charge is 2.28. The Labute approximate surface area is 121 Å². The maximum atomic E-state index is 12.5. The van der Waals surface area contributed by atoms with Crippen LogP contribution in [0, 0.1) is 13.8 Å². The minimum absolute atomic E-state index is 0.126. The molecular weight excluding hydrogens is 276 g/mol. The Balaban J connectivity index is 2.18. The van der Waals surface area contributed by atoms with Crippen molar-refractivity contribution in [3.63, 3.8) is 0 Å². The van der Waals surface area contributed by atoms with Crippen LogP contribution in [-0.2, 0) is 17.1 Å². The molecule has 20 heavy (non-hydrogen) atoms. The molecule has 114 valence electrons. The third-order valence-corrected chi connectivity index (χ3v) is 5.81. The Hall–Kier alpha value is -0.920. The van der Waals surface area contributed by atoms with Crippen LogP contribution >= 0.6 is 0 Å². The summed E-state index contributed by atoms with van der Waals surface area (Å²) >= 11 is 0. The molecule has 1 aliphatic rings. The van der Waals surface area contributed by atoms with Gasteiger partial charge < -0.3 is 5.32 Å². The molecule has 0 aliphatic carbocycles. The first-order valence-electron chi connectivity index (χ1n) is 7.09. The molecule has 0 saturated carbocycles. The largest absolute Gasteiger partial charge is 0.312 e. The molecule has 0 radical (unpaired) electrons. The molecule has 0 spiro atoms. The molecule has 0 aromatic carbocycles. The summed E-state index contributed by atoms with van der Waals surface area (Å²) in [6.07, 6.45) is 3.32. The second-order valence-corrected chi connectivity index (χ2v) is 7.24. The highest BCUT2D eigenvalue weighted by molar-refractivity contribution is 7.89. The van der Waals surface area contributed by atoms with E-state index in [0.717, 1.165) is 25.8 Å². The number of nitrogens with zero attached hydrogens (tertiary/aromatic N) is 2. The summed E-state index contributed by atoms with van der Waals surface area (Å²) in [5.74, 6) is 0. The molecule has 2 atom stereocenters. The van der Waals surface area contributed by atoms with Crippen molar-refractivity contribution in [3.05, 3.63) is 11.4 Å². The van der Waals surface area contributed by atoms with Crippen LogP contribution in [0.25, 0.3) is 0 Å². The van der Waals surface area contributed by atoms with Crippen LogP contribution in [-0.4, -0.2) is 36.8 Å². The number of piperidine rings is 1. The van der Waals surface area contributed by atoms with E-state index in [-0.39, 0.29) is 12.1 Å². The van der Waals surface area contributed by atoms with Crippen LogP contribution < -0.4 is 10.0 Å². The van der Waals surface area contributed by atoms with Crippen molar-refractivity contribution in [2.45, 2.75) is 57.0 Å². The van der Waals surface area contributed by atoms with Crippen molar-refractivity contribution in [1.82, 2.24) is 19.8 Å². The lowest BCUT2D eigenvalue weighted by Crippen LogP contribution is -2.50. The molecule has 2 rings (SSSR count). The maximum absolute atomic E-state index is 12.5. The zero-order valence-electron chi connectivity index (χ0n) is 12.6. The number of hydrogen-bond donors (Lipinski definition) is 2. The number of hydrogen-bond acceptors (Lipinski definition) is 4. The third kappa shape index (κ3) is 3.05. The molecule has 0 amide bonds. The van der Waals surface area contributed by atoms with E-state index in [1.165, 1.54) is 0 Å². The summed E-state index contributed by atoms with van der Waals surface area (Å²) in [6.45, 7) is 6.38. The van der Waals surface area contributed by atoms with E-state index >= 15 is 0 Å². The van der Waals surface area contributed by atoms with Gasteiger partial charge in [-0.05, 0) is 40.2 Å². The lowest BCUT2D eigenvalue weighted by Gasteiger charge is -2.29. The van der Waals surface area contributed by atoms with Gasteiger partial charge in [-0.3, -0.25) is 4.68 Å². The zero-order chi connectivity index (χ0) is 14.9. The summed E-state index contributed by atoms with van der Waals surface area (Å²) in [7, 11) is -1.77. The van der Waals surface area contributed by atoms with Gasteiger partial charge in [0.25, 0.3) is 0 Å². The molecule has 2 unspecified atom stereocenters. The number of nitrogens with one attached hydrogen (secondary N) is 2. The van der Waals surface area contributed by atoms with Gasteiger partial charge in [-0.15, -0.1) is 0 Å². The van der Waals surface area contributed by atoms with Crippen molar-refractivity contribution in [1.29, 1.82) is 0 Å². The molecular formula is C13H24N4O2S. The summed E-state index contributed by atoms with van der Waals surface area (Å²) in [4.78, 5) is 0.308. The minimum Gasteiger partial charge on any atom is -0.312 e. The van der Waals surface area contributed by atoms with Gasteiger partial charge in [-0.2, -0.15) is 5.10 Å². The lowest BCUT2D eigenvalue weighted by molar-refractivity contribution is 0.347. The molecule has 1 aromatic rings. The van der Waals surface area contributed by atoms with Gasteiger partial charge in [0.15, 0.2) is 0 Å². The Morgan fingerprint density at radius 2 is 2.10 bits per heavy atom. The molecule has 1 saturated heterocycles. The van der Waals surface area contributed by atoms with Crippen LogP contribution in [0.3, 0.4) is 0 Å². The topological polar surface area (TPSA) is 76.0 Å². The van der Waals surface area contributed by atoms with Gasteiger partial charge >= 0.3 is 0 Å². The zero-order valence-corrected chi connectivity index (χ0v) is 13.4. The SMILES string of the molecule is Cc1nn(C)c(C)c1S(=O)(=O)NC(C)C1CCCCN1.